The number of guanidine groups is 1. The molecule has 2 rings (SSSR count). The lowest BCUT2D eigenvalue weighted by Gasteiger charge is -2.18. The van der Waals surface area contributed by atoms with Crippen LogP contribution >= 0.6 is 24.0 Å². The fraction of sp³-hybridized carbons (Fsp3) is 0.500. The van der Waals surface area contributed by atoms with Gasteiger partial charge in [-0.15, -0.1) is 34.2 Å². The van der Waals surface area contributed by atoms with E-state index in [1.54, 1.807) is 25.4 Å². The van der Waals surface area contributed by atoms with E-state index in [0.29, 0.717) is 18.1 Å². The maximum absolute atomic E-state index is 13.8. The standard InChI is InChI=1S/C18H27FN6.HI/c1-5-17-24-22-12-25(17)10-9-21-18(20-6-2)23-14(4)15-8-7-13(3)16(19)11-15;/h7-8,11-12,14H,5-6,9-10H2,1-4H3,(H2,20,21,23);1H. The molecule has 1 aromatic heterocycles. The normalized spacial score (nSPS) is 12.4. The second-order valence-corrected chi connectivity index (χ2v) is 5.93. The molecule has 0 amide bonds. The summed E-state index contributed by atoms with van der Waals surface area (Å²) in [4.78, 5) is 4.59. The van der Waals surface area contributed by atoms with Crippen LogP contribution in [0.15, 0.2) is 29.5 Å². The smallest absolute Gasteiger partial charge is 0.191 e. The molecule has 0 aliphatic heterocycles. The van der Waals surface area contributed by atoms with Crippen molar-refractivity contribution in [2.75, 3.05) is 13.1 Å². The predicted molar refractivity (Wildman–Crippen MR) is 113 cm³/mol. The highest BCUT2D eigenvalue weighted by molar-refractivity contribution is 14.0. The molecule has 26 heavy (non-hydrogen) atoms. The minimum atomic E-state index is -0.187. The predicted octanol–water partition coefficient (Wildman–Crippen LogP) is 3.22. The Morgan fingerprint density at radius 1 is 1.35 bits per heavy atom. The van der Waals surface area contributed by atoms with Crippen molar-refractivity contribution < 1.29 is 4.39 Å². The molecule has 0 bridgehead atoms. The Labute approximate surface area is 171 Å². The summed E-state index contributed by atoms with van der Waals surface area (Å²) in [5.41, 5.74) is 1.54. The Morgan fingerprint density at radius 2 is 2.12 bits per heavy atom. The molecule has 0 saturated carbocycles. The van der Waals surface area contributed by atoms with Gasteiger partial charge in [0.1, 0.15) is 18.0 Å². The third-order valence-electron chi connectivity index (χ3n) is 4.02. The number of rotatable bonds is 7. The van der Waals surface area contributed by atoms with Gasteiger partial charge >= 0.3 is 0 Å². The van der Waals surface area contributed by atoms with Gasteiger partial charge in [0.2, 0.25) is 0 Å². The van der Waals surface area contributed by atoms with E-state index < -0.39 is 0 Å². The van der Waals surface area contributed by atoms with Crippen molar-refractivity contribution in [3.05, 3.63) is 47.3 Å². The molecule has 0 radical (unpaired) electrons. The van der Waals surface area contributed by atoms with E-state index >= 15 is 0 Å². The number of aryl methyl sites for hydroxylation is 2. The SMILES string of the molecule is CCNC(=NCCn1cnnc1CC)NC(C)c1ccc(C)c(F)c1.I. The minimum Gasteiger partial charge on any atom is -0.357 e. The molecular formula is C18H28FIN6. The first-order chi connectivity index (χ1) is 12.0. The van der Waals surface area contributed by atoms with Gasteiger partial charge in [0, 0.05) is 19.5 Å². The zero-order valence-electron chi connectivity index (χ0n) is 15.8. The number of aromatic nitrogens is 3. The van der Waals surface area contributed by atoms with Gasteiger partial charge in [0.05, 0.1) is 12.6 Å². The lowest BCUT2D eigenvalue weighted by molar-refractivity contribution is 0.606. The fourth-order valence-electron chi connectivity index (χ4n) is 2.50. The number of hydrogen-bond acceptors (Lipinski definition) is 3. The van der Waals surface area contributed by atoms with Crippen molar-refractivity contribution in [1.29, 1.82) is 0 Å². The van der Waals surface area contributed by atoms with Crippen LogP contribution in [0.1, 0.15) is 43.8 Å². The van der Waals surface area contributed by atoms with Crippen molar-refractivity contribution in [1.82, 2.24) is 25.4 Å². The fourth-order valence-corrected chi connectivity index (χ4v) is 2.50. The van der Waals surface area contributed by atoms with Crippen LogP contribution in [0.2, 0.25) is 0 Å². The Morgan fingerprint density at radius 3 is 2.77 bits per heavy atom. The van der Waals surface area contributed by atoms with Gasteiger partial charge in [-0.2, -0.15) is 0 Å². The Balaban J connectivity index is 0.00000338. The van der Waals surface area contributed by atoms with Crippen LogP contribution in [-0.2, 0) is 13.0 Å². The van der Waals surface area contributed by atoms with E-state index in [1.807, 2.05) is 24.5 Å². The molecule has 0 fully saturated rings. The minimum absolute atomic E-state index is 0. The molecule has 1 unspecified atom stereocenters. The summed E-state index contributed by atoms with van der Waals surface area (Å²) in [5, 5.41) is 14.5. The first-order valence-corrected chi connectivity index (χ1v) is 8.72. The van der Waals surface area contributed by atoms with Crippen LogP contribution in [0.5, 0.6) is 0 Å². The van der Waals surface area contributed by atoms with E-state index in [2.05, 4.69) is 32.7 Å². The maximum Gasteiger partial charge on any atom is 0.191 e. The second-order valence-electron chi connectivity index (χ2n) is 5.93. The van der Waals surface area contributed by atoms with Gasteiger partial charge in [-0.05, 0) is 38.0 Å². The monoisotopic (exact) mass is 474 g/mol. The van der Waals surface area contributed by atoms with E-state index in [-0.39, 0.29) is 35.8 Å². The van der Waals surface area contributed by atoms with Crippen LogP contribution in [-0.4, -0.2) is 33.8 Å². The zero-order valence-corrected chi connectivity index (χ0v) is 18.1. The molecule has 0 aliphatic rings. The lowest BCUT2D eigenvalue weighted by atomic mass is 10.1. The molecule has 2 aromatic rings. The highest BCUT2D eigenvalue weighted by Gasteiger charge is 2.10. The number of nitrogens with zero attached hydrogens (tertiary/aromatic N) is 4. The van der Waals surface area contributed by atoms with Crippen LogP contribution in [0.25, 0.3) is 0 Å². The van der Waals surface area contributed by atoms with Gasteiger partial charge < -0.3 is 15.2 Å². The molecule has 8 heteroatoms. The Hall–Kier alpha value is -1.71. The van der Waals surface area contributed by atoms with E-state index in [9.17, 15) is 4.39 Å². The molecule has 1 heterocycles. The molecule has 0 saturated heterocycles. The van der Waals surface area contributed by atoms with E-state index in [1.165, 1.54) is 0 Å². The van der Waals surface area contributed by atoms with Crippen molar-refractivity contribution in [2.45, 2.75) is 46.7 Å². The van der Waals surface area contributed by atoms with Crippen molar-refractivity contribution in [2.24, 2.45) is 4.99 Å². The molecule has 0 spiro atoms. The van der Waals surface area contributed by atoms with Gasteiger partial charge in [-0.25, -0.2) is 4.39 Å². The second kappa shape index (κ2) is 11.1. The van der Waals surface area contributed by atoms with Gasteiger partial charge in [-0.3, -0.25) is 4.99 Å². The summed E-state index contributed by atoms with van der Waals surface area (Å²) >= 11 is 0. The average molecular weight is 474 g/mol. The number of benzene rings is 1. The number of halogens is 2. The molecule has 0 aliphatic carbocycles. The Kier molecular flexibility index (Phi) is 9.53. The molecular weight excluding hydrogens is 446 g/mol. The quantitative estimate of drug-likeness (QED) is 0.368. The highest BCUT2D eigenvalue weighted by Crippen LogP contribution is 2.16. The van der Waals surface area contributed by atoms with Crippen LogP contribution in [0, 0.1) is 12.7 Å². The highest BCUT2D eigenvalue weighted by atomic mass is 127. The van der Waals surface area contributed by atoms with Gasteiger partial charge in [0.15, 0.2) is 5.96 Å². The molecule has 2 N–H and O–H groups in total. The topological polar surface area (TPSA) is 67.1 Å². The van der Waals surface area contributed by atoms with Crippen LogP contribution in [0.3, 0.4) is 0 Å². The lowest BCUT2D eigenvalue weighted by Crippen LogP contribution is -2.39. The van der Waals surface area contributed by atoms with Crippen molar-refractivity contribution in [3.8, 4) is 0 Å². The third kappa shape index (κ3) is 6.22. The summed E-state index contributed by atoms with van der Waals surface area (Å²) in [6.45, 7) is 9.91. The van der Waals surface area contributed by atoms with Crippen LogP contribution < -0.4 is 10.6 Å². The summed E-state index contributed by atoms with van der Waals surface area (Å²) < 4.78 is 15.8. The molecule has 1 atom stereocenters. The number of hydrogen-bond donors (Lipinski definition) is 2. The summed E-state index contributed by atoms with van der Waals surface area (Å²) in [7, 11) is 0. The average Bonchev–Trinajstić information content (AvgIpc) is 3.05. The van der Waals surface area contributed by atoms with E-state index in [4.69, 9.17) is 0 Å². The number of aliphatic imine (C=N–C) groups is 1. The molecule has 6 nitrogen and oxygen atoms in total. The van der Waals surface area contributed by atoms with Crippen molar-refractivity contribution >= 4 is 29.9 Å². The summed E-state index contributed by atoms with van der Waals surface area (Å²) in [6, 6.07) is 5.26. The maximum atomic E-state index is 13.8. The van der Waals surface area contributed by atoms with Crippen LogP contribution in [0.4, 0.5) is 4.39 Å². The Bertz CT molecular complexity index is 715. The number of nitrogens with one attached hydrogen (secondary N) is 2. The van der Waals surface area contributed by atoms with Gasteiger partial charge in [-0.1, -0.05) is 19.1 Å². The third-order valence-corrected chi connectivity index (χ3v) is 4.02. The van der Waals surface area contributed by atoms with Gasteiger partial charge in [0.25, 0.3) is 0 Å². The zero-order chi connectivity index (χ0) is 18.2. The summed E-state index contributed by atoms with van der Waals surface area (Å²) in [6.07, 6.45) is 2.57. The van der Waals surface area contributed by atoms with E-state index in [0.717, 1.165) is 30.9 Å². The first-order valence-electron chi connectivity index (χ1n) is 8.72. The molecule has 144 valence electrons. The molecule has 1 aromatic carbocycles. The first kappa shape index (κ1) is 22.3. The summed E-state index contributed by atoms with van der Waals surface area (Å²) in [5.74, 6) is 1.48. The largest absolute Gasteiger partial charge is 0.357 e. The van der Waals surface area contributed by atoms with Crippen molar-refractivity contribution in [3.63, 3.8) is 0 Å².